The lowest BCUT2D eigenvalue weighted by Gasteiger charge is -2.51. The molecule has 1 N–H and O–H groups in total. The number of piperidine rings is 3. The number of nitrogens with zero attached hydrogens (tertiary/aromatic N) is 2. The van der Waals surface area contributed by atoms with Gasteiger partial charge in [0.1, 0.15) is 0 Å². The van der Waals surface area contributed by atoms with Gasteiger partial charge >= 0.3 is 0 Å². The van der Waals surface area contributed by atoms with Crippen LogP contribution in [-0.2, 0) is 0 Å². The Kier molecular flexibility index (Phi) is 3.07. The summed E-state index contributed by atoms with van der Waals surface area (Å²) in [7, 11) is 0. The lowest BCUT2D eigenvalue weighted by Crippen LogP contribution is -2.60. The van der Waals surface area contributed by atoms with Gasteiger partial charge in [0.25, 0.3) is 5.91 Å². The third-order valence-corrected chi connectivity index (χ3v) is 6.63. The first-order chi connectivity index (χ1) is 11.2. The van der Waals surface area contributed by atoms with Gasteiger partial charge in [0.05, 0.1) is 6.10 Å². The molecule has 23 heavy (non-hydrogen) atoms. The summed E-state index contributed by atoms with van der Waals surface area (Å²) in [6, 6.07) is 6.32. The SMILES string of the molecule is O=C1c2cccc3c2[C@H](CC[C@H]3O)CN1[C@@H]1CN2CCC1CC2. The molecule has 4 aliphatic heterocycles. The van der Waals surface area contributed by atoms with Crippen LogP contribution in [0, 0.1) is 5.92 Å². The van der Waals surface area contributed by atoms with Gasteiger partial charge in [-0.05, 0) is 61.9 Å². The van der Waals surface area contributed by atoms with Gasteiger partial charge in [0.15, 0.2) is 0 Å². The van der Waals surface area contributed by atoms with Gasteiger partial charge in [-0.3, -0.25) is 4.79 Å². The number of aliphatic hydroxyl groups excluding tert-OH is 1. The van der Waals surface area contributed by atoms with Crippen molar-refractivity contribution in [3.8, 4) is 0 Å². The molecule has 3 atom stereocenters. The molecule has 4 heterocycles. The van der Waals surface area contributed by atoms with Crippen molar-refractivity contribution in [1.82, 2.24) is 9.80 Å². The molecule has 1 aromatic carbocycles. The number of hydrogen-bond acceptors (Lipinski definition) is 3. The molecule has 3 fully saturated rings. The van der Waals surface area contributed by atoms with E-state index in [-0.39, 0.29) is 5.91 Å². The van der Waals surface area contributed by atoms with Gasteiger partial charge in [-0.2, -0.15) is 0 Å². The minimum atomic E-state index is -0.391. The predicted octanol–water partition coefficient (Wildman–Crippen LogP) is 2.15. The number of carbonyl (C=O) groups excluding carboxylic acids is 1. The molecule has 2 bridgehead atoms. The van der Waals surface area contributed by atoms with Gasteiger partial charge in [-0.1, -0.05) is 12.1 Å². The Morgan fingerprint density at radius 2 is 1.87 bits per heavy atom. The third kappa shape index (κ3) is 2.01. The molecule has 0 spiro atoms. The van der Waals surface area contributed by atoms with Crippen LogP contribution in [0.1, 0.15) is 59.2 Å². The number of carbonyl (C=O) groups is 1. The van der Waals surface area contributed by atoms with E-state index in [9.17, 15) is 9.90 Å². The van der Waals surface area contributed by atoms with Gasteiger partial charge in [0.2, 0.25) is 0 Å². The minimum absolute atomic E-state index is 0.200. The van der Waals surface area contributed by atoms with Crippen molar-refractivity contribution in [2.24, 2.45) is 5.92 Å². The summed E-state index contributed by atoms with van der Waals surface area (Å²) in [5, 5.41) is 10.3. The molecule has 6 rings (SSSR count). The number of amides is 1. The Hall–Kier alpha value is -1.39. The quantitative estimate of drug-likeness (QED) is 0.864. The van der Waals surface area contributed by atoms with Crippen LogP contribution >= 0.6 is 0 Å². The largest absolute Gasteiger partial charge is 0.388 e. The molecule has 0 saturated carbocycles. The number of hydrogen-bond donors (Lipinski definition) is 1. The molecule has 0 radical (unpaired) electrons. The maximum atomic E-state index is 13.2. The van der Waals surface area contributed by atoms with Crippen LogP contribution in [-0.4, -0.2) is 53.0 Å². The van der Waals surface area contributed by atoms with E-state index in [1.165, 1.54) is 25.9 Å². The van der Waals surface area contributed by atoms with Gasteiger partial charge in [-0.15, -0.1) is 0 Å². The Balaban J connectivity index is 1.53. The summed E-state index contributed by atoms with van der Waals surface area (Å²) in [5.41, 5.74) is 3.00. The second-order valence-electron chi connectivity index (χ2n) is 7.76. The van der Waals surface area contributed by atoms with E-state index in [0.717, 1.165) is 42.6 Å². The van der Waals surface area contributed by atoms with Crippen LogP contribution in [0.4, 0.5) is 0 Å². The Bertz CT molecular complexity index is 651. The summed E-state index contributed by atoms with van der Waals surface area (Å²) in [4.78, 5) is 17.9. The normalized spacial score (nSPS) is 38.6. The van der Waals surface area contributed by atoms with Gasteiger partial charge in [0, 0.05) is 30.6 Å². The summed E-state index contributed by atoms with van der Waals surface area (Å²) in [6.45, 7) is 4.32. The van der Waals surface area contributed by atoms with Crippen LogP contribution in [0.25, 0.3) is 0 Å². The minimum Gasteiger partial charge on any atom is -0.388 e. The molecule has 3 saturated heterocycles. The molecular formula is C19H24N2O2. The zero-order valence-electron chi connectivity index (χ0n) is 13.4. The molecule has 1 amide bonds. The van der Waals surface area contributed by atoms with Crippen molar-refractivity contribution in [1.29, 1.82) is 0 Å². The number of fused-ring (bicyclic) bond motifs is 3. The van der Waals surface area contributed by atoms with E-state index in [1.807, 2.05) is 18.2 Å². The van der Waals surface area contributed by atoms with Crippen LogP contribution in [0.5, 0.6) is 0 Å². The second kappa shape index (κ2) is 5.05. The van der Waals surface area contributed by atoms with E-state index in [4.69, 9.17) is 0 Å². The fourth-order valence-corrected chi connectivity index (χ4v) is 5.41. The summed E-state index contributed by atoms with van der Waals surface area (Å²) in [5.74, 6) is 1.30. The highest BCUT2D eigenvalue weighted by atomic mass is 16.3. The molecule has 1 aliphatic carbocycles. The number of rotatable bonds is 1. The lowest BCUT2D eigenvalue weighted by atomic mass is 9.74. The standard InChI is InChI=1S/C19H24N2O2/c22-17-5-4-13-10-21(16-11-20-8-6-12(16)7-9-20)19(23)15-3-1-2-14(17)18(13)15/h1-3,12-13,16-17,22H,4-11H2/t13-,16-,17-/m1/s1. The van der Waals surface area contributed by atoms with E-state index in [0.29, 0.717) is 17.9 Å². The lowest BCUT2D eigenvalue weighted by molar-refractivity contribution is 0.00143. The third-order valence-electron chi connectivity index (χ3n) is 6.63. The van der Waals surface area contributed by atoms with Crippen molar-refractivity contribution in [2.45, 2.75) is 43.7 Å². The zero-order chi connectivity index (χ0) is 15.6. The monoisotopic (exact) mass is 312 g/mol. The Morgan fingerprint density at radius 1 is 1.04 bits per heavy atom. The van der Waals surface area contributed by atoms with Crippen LogP contribution in [0.15, 0.2) is 18.2 Å². The van der Waals surface area contributed by atoms with Gasteiger partial charge in [-0.25, -0.2) is 0 Å². The summed E-state index contributed by atoms with van der Waals surface area (Å²) in [6.07, 6.45) is 3.91. The highest BCUT2D eigenvalue weighted by Gasteiger charge is 2.44. The Labute approximate surface area is 137 Å². The van der Waals surface area contributed by atoms with E-state index in [2.05, 4.69) is 9.80 Å². The molecular weight excluding hydrogens is 288 g/mol. The smallest absolute Gasteiger partial charge is 0.254 e. The van der Waals surface area contributed by atoms with E-state index >= 15 is 0 Å². The maximum absolute atomic E-state index is 13.2. The fraction of sp³-hybridized carbons (Fsp3) is 0.632. The van der Waals surface area contributed by atoms with Crippen molar-refractivity contribution in [3.05, 3.63) is 34.9 Å². The highest BCUT2D eigenvalue weighted by Crippen LogP contribution is 2.44. The molecule has 122 valence electrons. The van der Waals surface area contributed by atoms with Gasteiger partial charge < -0.3 is 14.9 Å². The highest BCUT2D eigenvalue weighted by molar-refractivity contribution is 5.98. The molecule has 5 aliphatic rings. The van der Waals surface area contributed by atoms with E-state index < -0.39 is 6.10 Å². The average Bonchev–Trinajstić information content (AvgIpc) is 2.61. The molecule has 1 aromatic rings. The maximum Gasteiger partial charge on any atom is 0.254 e. The molecule has 4 nitrogen and oxygen atoms in total. The fourth-order valence-electron chi connectivity index (χ4n) is 5.41. The summed E-state index contributed by atoms with van der Waals surface area (Å²) >= 11 is 0. The van der Waals surface area contributed by atoms with Crippen LogP contribution in [0.2, 0.25) is 0 Å². The van der Waals surface area contributed by atoms with Crippen molar-refractivity contribution in [3.63, 3.8) is 0 Å². The number of aliphatic hydroxyl groups is 1. The predicted molar refractivity (Wildman–Crippen MR) is 87.4 cm³/mol. The van der Waals surface area contributed by atoms with E-state index in [1.54, 1.807) is 0 Å². The first kappa shape index (κ1) is 14.0. The first-order valence-corrected chi connectivity index (χ1v) is 9.06. The first-order valence-electron chi connectivity index (χ1n) is 9.06. The van der Waals surface area contributed by atoms with Crippen molar-refractivity contribution >= 4 is 5.91 Å². The molecule has 0 aromatic heterocycles. The topological polar surface area (TPSA) is 43.8 Å². The Morgan fingerprint density at radius 3 is 2.61 bits per heavy atom. The second-order valence-corrected chi connectivity index (χ2v) is 7.76. The van der Waals surface area contributed by atoms with Crippen LogP contribution in [0.3, 0.4) is 0 Å². The number of benzene rings is 1. The summed E-state index contributed by atoms with van der Waals surface area (Å²) < 4.78 is 0. The molecule has 0 unspecified atom stereocenters. The zero-order valence-corrected chi connectivity index (χ0v) is 13.4. The average molecular weight is 312 g/mol. The van der Waals surface area contributed by atoms with Crippen molar-refractivity contribution in [2.75, 3.05) is 26.2 Å². The molecule has 4 heteroatoms. The van der Waals surface area contributed by atoms with Crippen molar-refractivity contribution < 1.29 is 9.90 Å². The van der Waals surface area contributed by atoms with Crippen LogP contribution < -0.4 is 0 Å².